The molecule has 0 radical (unpaired) electrons. The van der Waals surface area contributed by atoms with Crippen LogP contribution in [0.3, 0.4) is 0 Å². The Morgan fingerprint density at radius 2 is 0.857 bits per heavy atom. The van der Waals surface area contributed by atoms with E-state index in [2.05, 4.69) is 0 Å². The van der Waals surface area contributed by atoms with Crippen LogP contribution in [0.5, 0.6) is 0 Å². The van der Waals surface area contributed by atoms with Crippen LogP contribution in [-0.2, 0) is 21.8 Å². The number of rotatable bonds is 8. The molecule has 2 saturated carbocycles. The van der Waals surface area contributed by atoms with Gasteiger partial charge in [0.2, 0.25) is 0 Å². The molecule has 0 aromatic heterocycles. The van der Waals surface area contributed by atoms with E-state index in [0.29, 0.717) is 11.1 Å². The molecule has 0 saturated heterocycles. The second kappa shape index (κ2) is 7.67. The van der Waals surface area contributed by atoms with E-state index >= 15 is 0 Å². The third kappa shape index (κ3) is 3.44. The molecule has 0 unspecified atom stereocenters. The fraction of sp³-hybridized carbons (Fsp3) is 1.00. The average molecular weight is 335 g/mol. The molecule has 124 valence electrons. The minimum absolute atomic E-state index is 0.381. The van der Waals surface area contributed by atoms with Gasteiger partial charge in [-0.15, -0.1) is 0 Å². The van der Waals surface area contributed by atoms with Gasteiger partial charge in [0.25, 0.3) is 0 Å². The molecule has 2 aliphatic rings. The van der Waals surface area contributed by atoms with Crippen molar-refractivity contribution in [2.75, 3.05) is 28.4 Å². The zero-order chi connectivity index (χ0) is 15.3. The quantitative estimate of drug-likeness (QED) is 0.637. The Hall–Kier alpha value is 0.234. The van der Waals surface area contributed by atoms with Gasteiger partial charge in [-0.25, -0.2) is 0 Å². The summed E-state index contributed by atoms with van der Waals surface area (Å²) >= 11 is 0. The average Bonchev–Trinajstić information content (AvgIpc) is 3.23. The van der Waals surface area contributed by atoms with Crippen LogP contribution < -0.4 is 0 Å². The van der Waals surface area contributed by atoms with Crippen LogP contribution >= 0.6 is 0 Å². The largest absolute Gasteiger partial charge is 0.496 e. The molecule has 7 heteroatoms. The Morgan fingerprint density at radius 1 is 0.571 bits per heavy atom. The molecular weight excluding hydrogens is 304 g/mol. The van der Waals surface area contributed by atoms with E-state index in [0.717, 1.165) is 25.7 Å². The molecule has 2 fully saturated rings. The van der Waals surface area contributed by atoms with Crippen molar-refractivity contribution < 1.29 is 21.8 Å². The Balaban J connectivity index is 2.22. The zero-order valence-electron chi connectivity index (χ0n) is 13.9. The molecule has 2 rings (SSSR count). The molecule has 0 heterocycles. The van der Waals surface area contributed by atoms with Gasteiger partial charge in [-0.3, -0.25) is 0 Å². The Kier molecular flexibility index (Phi) is 6.43. The second-order valence-corrected chi connectivity index (χ2v) is 12.6. The predicted octanol–water partition coefficient (Wildman–Crippen LogP) is 3.35. The molecule has 0 aliphatic heterocycles. The van der Waals surface area contributed by atoms with Gasteiger partial charge in [-0.05, 0) is 25.7 Å². The lowest BCUT2D eigenvalue weighted by atomic mass is 10.4. The summed E-state index contributed by atoms with van der Waals surface area (Å²) in [6.45, 7) is 0. The summed E-state index contributed by atoms with van der Waals surface area (Å²) < 4.78 is 30.0. The summed E-state index contributed by atoms with van der Waals surface area (Å²) in [5, 5.41) is 0. The van der Waals surface area contributed by atoms with Crippen molar-refractivity contribution in [1.82, 2.24) is 0 Å². The first-order valence-electron chi connectivity index (χ1n) is 8.07. The molecule has 2 aliphatic carbocycles. The minimum Gasteiger partial charge on any atom is -0.377 e. The lowest BCUT2D eigenvalue weighted by molar-refractivity contribution is 0.0726. The molecule has 0 spiro atoms. The highest BCUT2D eigenvalue weighted by molar-refractivity contribution is 6.76. The summed E-state index contributed by atoms with van der Waals surface area (Å²) in [5.74, 6) is 0. The molecule has 0 atom stereocenters. The SMILES string of the molecule is CO[Si](OC)(O[Si](OC)(OC)C1CCCC1)C1CCCC1. The molecule has 0 amide bonds. The van der Waals surface area contributed by atoms with Crippen molar-refractivity contribution in [2.24, 2.45) is 0 Å². The van der Waals surface area contributed by atoms with Gasteiger partial charge < -0.3 is 21.8 Å². The summed E-state index contributed by atoms with van der Waals surface area (Å²) in [4.78, 5) is 0. The first kappa shape index (κ1) is 17.6. The maximum absolute atomic E-state index is 6.58. The lowest BCUT2D eigenvalue weighted by Gasteiger charge is -2.40. The Morgan fingerprint density at radius 3 is 1.10 bits per heavy atom. The molecule has 0 N–H and O–H groups in total. The molecule has 0 bridgehead atoms. The van der Waals surface area contributed by atoms with Crippen LogP contribution in [0.25, 0.3) is 0 Å². The van der Waals surface area contributed by atoms with Crippen molar-refractivity contribution in [1.29, 1.82) is 0 Å². The van der Waals surface area contributed by atoms with Crippen LogP contribution in [0, 0.1) is 0 Å². The highest BCUT2D eigenvalue weighted by Crippen LogP contribution is 2.46. The fourth-order valence-corrected chi connectivity index (χ4v) is 12.1. The predicted molar refractivity (Wildman–Crippen MR) is 85.1 cm³/mol. The zero-order valence-corrected chi connectivity index (χ0v) is 15.9. The highest BCUT2D eigenvalue weighted by Gasteiger charge is 2.60. The topological polar surface area (TPSA) is 46.2 Å². The third-order valence-electron chi connectivity index (χ3n) is 5.13. The van der Waals surface area contributed by atoms with Gasteiger partial charge in [-0.2, -0.15) is 0 Å². The number of hydrogen-bond acceptors (Lipinski definition) is 5. The molecule has 0 aromatic rings. The van der Waals surface area contributed by atoms with Crippen molar-refractivity contribution in [3.63, 3.8) is 0 Å². The van der Waals surface area contributed by atoms with E-state index in [9.17, 15) is 0 Å². The van der Waals surface area contributed by atoms with Crippen LogP contribution in [0.15, 0.2) is 0 Å². The molecule has 21 heavy (non-hydrogen) atoms. The maximum Gasteiger partial charge on any atom is 0.496 e. The Labute approximate surface area is 131 Å². The van der Waals surface area contributed by atoms with Crippen LogP contribution in [0.1, 0.15) is 51.4 Å². The smallest absolute Gasteiger partial charge is 0.377 e. The van der Waals surface area contributed by atoms with E-state index in [1.165, 1.54) is 25.7 Å². The summed E-state index contributed by atoms with van der Waals surface area (Å²) in [6.07, 6.45) is 9.40. The third-order valence-corrected chi connectivity index (χ3v) is 12.8. The minimum atomic E-state index is -2.74. The summed E-state index contributed by atoms with van der Waals surface area (Å²) in [7, 11) is 1.37. The molecular formula is C14H30O5Si2. The van der Waals surface area contributed by atoms with E-state index < -0.39 is 17.6 Å². The first-order chi connectivity index (χ1) is 10.2. The maximum atomic E-state index is 6.58. The molecule has 0 aromatic carbocycles. The van der Waals surface area contributed by atoms with Crippen molar-refractivity contribution >= 4 is 17.6 Å². The Bertz CT molecular complexity index is 278. The van der Waals surface area contributed by atoms with E-state index in [4.69, 9.17) is 21.8 Å². The fourth-order valence-electron chi connectivity index (χ4n) is 3.92. The van der Waals surface area contributed by atoms with Crippen LogP contribution in [-0.4, -0.2) is 46.0 Å². The van der Waals surface area contributed by atoms with Crippen LogP contribution in [0.4, 0.5) is 0 Å². The summed E-state index contributed by atoms with van der Waals surface area (Å²) in [6, 6.07) is 0. The van der Waals surface area contributed by atoms with Gasteiger partial charge in [-0.1, -0.05) is 25.7 Å². The van der Waals surface area contributed by atoms with Crippen LogP contribution in [0.2, 0.25) is 11.1 Å². The summed E-state index contributed by atoms with van der Waals surface area (Å²) in [5.41, 5.74) is 0.761. The second-order valence-electron chi connectivity index (χ2n) is 6.09. The monoisotopic (exact) mass is 334 g/mol. The van der Waals surface area contributed by atoms with Gasteiger partial charge in [0.05, 0.1) is 0 Å². The normalized spacial score (nSPS) is 22.3. The van der Waals surface area contributed by atoms with Gasteiger partial charge in [0, 0.05) is 39.5 Å². The van der Waals surface area contributed by atoms with E-state index in [1.807, 2.05) is 0 Å². The first-order valence-corrected chi connectivity index (χ1v) is 11.7. The van der Waals surface area contributed by atoms with Crippen molar-refractivity contribution in [3.8, 4) is 0 Å². The highest BCUT2D eigenvalue weighted by atomic mass is 28.5. The van der Waals surface area contributed by atoms with Gasteiger partial charge >= 0.3 is 17.6 Å². The lowest BCUT2D eigenvalue weighted by Crippen LogP contribution is -2.61. The van der Waals surface area contributed by atoms with Gasteiger partial charge in [0.1, 0.15) is 0 Å². The molecule has 5 nitrogen and oxygen atoms in total. The van der Waals surface area contributed by atoms with Crippen molar-refractivity contribution in [3.05, 3.63) is 0 Å². The number of hydrogen-bond donors (Lipinski definition) is 0. The van der Waals surface area contributed by atoms with Crippen molar-refractivity contribution in [2.45, 2.75) is 62.4 Å². The standard InChI is InChI=1S/C14H30O5Si2/c1-15-20(16-2,13-9-5-6-10-13)19-21(17-3,18-4)14-11-7-8-12-14/h13-14H,5-12H2,1-4H3. The van der Waals surface area contributed by atoms with E-state index in [1.54, 1.807) is 28.4 Å². The van der Waals surface area contributed by atoms with Gasteiger partial charge in [0.15, 0.2) is 0 Å². The van der Waals surface area contributed by atoms with E-state index in [-0.39, 0.29) is 0 Å².